The van der Waals surface area contributed by atoms with E-state index >= 15 is 0 Å². The monoisotopic (exact) mass is 682 g/mol. The Labute approximate surface area is 285 Å². The minimum absolute atomic E-state index is 0.00430. The number of rotatable bonds is 7. The molecule has 1 N–H and O–H groups in total. The molecule has 0 fully saturated rings. The first-order valence-electron chi connectivity index (χ1n) is 16.0. The van der Waals surface area contributed by atoms with Gasteiger partial charge in [0.25, 0.3) is 10.1 Å². The van der Waals surface area contributed by atoms with Crippen molar-refractivity contribution >= 4 is 41.8 Å². The molecule has 49 heavy (non-hydrogen) atoms. The summed E-state index contributed by atoms with van der Waals surface area (Å²) in [6.07, 6.45) is 1.41. The summed E-state index contributed by atoms with van der Waals surface area (Å²) < 4.78 is 70.0. The van der Waals surface area contributed by atoms with Crippen molar-refractivity contribution in [3.05, 3.63) is 151 Å². The van der Waals surface area contributed by atoms with E-state index in [2.05, 4.69) is 18.2 Å². The van der Waals surface area contributed by atoms with Crippen LogP contribution in [0.25, 0.3) is 54.9 Å². The molecule has 6 nitrogen and oxygen atoms in total. The summed E-state index contributed by atoms with van der Waals surface area (Å²) >= 11 is 0. The summed E-state index contributed by atoms with van der Waals surface area (Å²) in [6, 6.07) is 43.7. The molecule has 0 heterocycles. The lowest BCUT2D eigenvalue weighted by Crippen LogP contribution is -2.15. The first kappa shape index (κ1) is 31.0. The smallest absolute Gasteiger partial charge is 0.340 e. The topological polar surface area (TPSA) is 97.7 Å². The Morgan fingerprint density at radius 2 is 1.08 bits per heavy atom. The van der Waals surface area contributed by atoms with Crippen molar-refractivity contribution in [3.63, 3.8) is 0 Å². The van der Waals surface area contributed by atoms with Gasteiger partial charge in [-0.25, -0.2) is 0 Å². The van der Waals surface area contributed by atoms with E-state index in [0.717, 1.165) is 38.2 Å². The SMILES string of the molecule is O=S(=O)(O)c1ccc(OS(=O)(=O)c2c(-c3ccccc3)cc(-c3cccc4ccccc34)cc2-c2cccc3ccccc23)c2c1CCC2. The average Bonchev–Trinajstić information content (AvgIpc) is 3.61. The van der Waals surface area contributed by atoms with E-state index in [1.807, 2.05) is 109 Å². The van der Waals surface area contributed by atoms with Crippen LogP contribution in [0, 0.1) is 0 Å². The zero-order valence-electron chi connectivity index (χ0n) is 26.2. The lowest BCUT2D eigenvalue weighted by Gasteiger charge is -2.21. The fourth-order valence-electron chi connectivity index (χ4n) is 7.14. The van der Waals surface area contributed by atoms with Crippen LogP contribution in [0.15, 0.2) is 149 Å². The molecule has 0 amide bonds. The van der Waals surface area contributed by atoms with Crippen molar-refractivity contribution in [1.29, 1.82) is 0 Å². The van der Waals surface area contributed by atoms with Crippen molar-refractivity contribution in [3.8, 4) is 39.1 Å². The highest BCUT2D eigenvalue weighted by atomic mass is 32.2. The van der Waals surface area contributed by atoms with Crippen LogP contribution in [0.3, 0.4) is 0 Å². The van der Waals surface area contributed by atoms with E-state index in [9.17, 15) is 21.4 Å². The standard InChI is InChI=1S/C41H30O6S2/c42-48(43,44)40-24-23-39(35-21-10-22-36(35)40)47-49(45,46)41-37(29-11-2-1-3-12-29)25-30(33-19-8-15-27-13-4-6-17-31(27)33)26-38(41)34-20-9-16-28-14-5-7-18-32(28)34/h1-9,11-20,23-26H,10,21-22H2,(H,42,43,44). The van der Waals surface area contributed by atoms with Gasteiger partial charge in [-0.05, 0) is 92.9 Å². The number of fused-ring (bicyclic) bond motifs is 3. The molecule has 0 atom stereocenters. The highest BCUT2D eigenvalue weighted by molar-refractivity contribution is 7.87. The van der Waals surface area contributed by atoms with Crippen molar-refractivity contribution in [1.82, 2.24) is 0 Å². The van der Waals surface area contributed by atoms with Crippen molar-refractivity contribution in [2.24, 2.45) is 0 Å². The van der Waals surface area contributed by atoms with Crippen LogP contribution in [0.4, 0.5) is 0 Å². The molecule has 8 rings (SSSR count). The lowest BCUT2D eigenvalue weighted by molar-refractivity contribution is 0.480. The average molecular weight is 683 g/mol. The van der Waals surface area contributed by atoms with Gasteiger partial charge in [0.2, 0.25) is 0 Å². The zero-order chi connectivity index (χ0) is 33.8. The van der Waals surface area contributed by atoms with E-state index in [0.29, 0.717) is 47.1 Å². The molecule has 0 unspecified atom stereocenters. The van der Waals surface area contributed by atoms with Gasteiger partial charge in [0.1, 0.15) is 10.6 Å². The largest absolute Gasteiger partial charge is 0.379 e. The Bertz CT molecular complexity index is 2640. The lowest BCUT2D eigenvalue weighted by atomic mass is 9.89. The molecule has 7 aromatic rings. The summed E-state index contributed by atoms with van der Waals surface area (Å²) in [5.41, 5.74) is 5.04. The van der Waals surface area contributed by atoms with Crippen LogP contribution in [0.1, 0.15) is 17.5 Å². The maximum absolute atomic E-state index is 14.9. The quantitative estimate of drug-likeness (QED) is 0.133. The third kappa shape index (κ3) is 5.57. The Kier molecular flexibility index (Phi) is 7.60. The molecule has 0 saturated heterocycles. The van der Waals surface area contributed by atoms with Gasteiger partial charge >= 0.3 is 10.1 Å². The number of hydrogen-bond acceptors (Lipinski definition) is 5. The highest BCUT2D eigenvalue weighted by Crippen LogP contribution is 2.45. The molecular formula is C41H30O6S2. The molecule has 0 aromatic heterocycles. The van der Waals surface area contributed by atoms with Crippen LogP contribution in [0.2, 0.25) is 0 Å². The van der Waals surface area contributed by atoms with Gasteiger partial charge in [-0.1, -0.05) is 115 Å². The normalized spacial score (nSPS) is 13.1. The third-order valence-corrected chi connectivity index (χ3v) is 11.6. The summed E-state index contributed by atoms with van der Waals surface area (Å²) in [5, 5.41) is 3.94. The van der Waals surface area contributed by atoms with E-state index in [1.165, 1.54) is 12.1 Å². The second-order valence-electron chi connectivity index (χ2n) is 12.2. The van der Waals surface area contributed by atoms with Crippen LogP contribution in [-0.4, -0.2) is 21.4 Å². The minimum atomic E-state index is -4.56. The molecule has 8 heteroatoms. The Balaban J connectivity index is 1.44. The van der Waals surface area contributed by atoms with Crippen molar-refractivity contribution < 1.29 is 25.6 Å². The molecule has 0 saturated carbocycles. The van der Waals surface area contributed by atoms with E-state index in [4.69, 9.17) is 4.18 Å². The molecular weight excluding hydrogens is 653 g/mol. The molecule has 242 valence electrons. The predicted molar refractivity (Wildman–Crippen MR) is 194 cm³/mol. The van der Waals surface area contributed by atoms with Gasteiger partial charge < -0.3 is 4.18 Å². The molecule has 0 bridgehead atoms. The van der Waals surface area contributed by atoms with Crippen LogP contribution in [0.5, 0.6) is 5.75 Å². The summed E-state index contributed by atoms with van der Waals surface area (Å²) in [7, 11) is -9.06. The Hall–Kier alpha value is -5.28. The van der Waals surface area contributed by atoms with Gasteiger partial charge in [-0.3, -0.25) is 4.55 Å². The summed E-state index contributed by atoms with van der Waals surface area (Å²) in [6.45, 7) is 0. The fourth-order valence-corrected chi connectivity index (χ4v) is 9.28. The maximum Gasteiger partial charge on any atom is 0.340 e. The van der Waals surface area contributed by atoms with Crippen LogP contribution < -0.4 is 4.18 Å². The fraction of sp³-hybridized carbons (Fsp3) is 0.0732. The predicted octanol–water partition coefficient (Wildman–Crippen LogP) is 9.50. The molecule has 0 spiro atoms. The van der Waals surface area contributed by atoms with Crippen LogP contribution >= 0.6 is 0 Å². The minimum Gasteiger partial charge on any atom is -0.379 e. The molecule has 0 radical (unpaired) electrons. The third-order valence-electron chi connectivity index (χ3n) is 9.28. The molecule has 1 aliphatic rings. The first-order valence-corrected chi connectivity index (χ1v) is 18.8. The maximum atomic E-state index is 14.9. The molecule has 1 aliphatic carbocycles. The van der Waals surface area contributed by atoms with Crippen LogP contribution in [-0.2, 0) is 33.1 Å². The second-order valence-corrected chi connectivity index (χ2v) is 15.1. The molecule has 7 aromatic carbocycles. The van der Waals surface area contributed by atoms with Crippen molar-refractivity contribution in [2.45, 2.75) is 29.1 Å². The van der Waals surface area contributed by atoms with E-state index < -0.39 is 20.2 Å². The molecule has 0 aliphatic heterocycles. The number of benzene rings is 7. The van der Waals surface area contributed by atoms with Crippen molar-refractivity contribution in [2.75, 3.05) is 0 Å². The number of hydrogen-bond donors (Lipinski definition) is 1. The zero-order valence-corrected chi connectivity index (χ0v) is 27.8. The van der Waals surface area contributed by atoms with Gasteiger partial charge in [0, 0.05) is 16.7 Å². The first-order chi connectivity index (χ1) is 23.7. The summed E-state index contributed by atoms with van der Waals surface area (Å²) in [5.74, 6) is 0.0564. The van der Waals surface area contributed by atoms with Gasteiger partial charge in [0.15, 0.2) is 0 Å². The van der Waals surface area contributed by atoms with E-state index in [-0.39, 0.29) is 15.5 Å². The highest BCUT2D eigenvalue weighted by Gasteiger charge is 2.32. The Morgan fingerprint density at radius 1 is 0.510 bits per heavy atom. The van der Waals surface area contributed by atoms with Gasteiger partial charge in [-0.2, -0.15) is 16.8 Å². The van der Waals surface area contributed by atoms with Gasteiger partial charge in [0.05, 0.1) is 4.90 Å². The summed E-state index contributed by atoms with van der Waals surface area (Å²) in [4.78, 5) is -0.213. The Morgan fingerprint density at radius 3 is 1.78 bits per heavy atom. The van der Waals surface area contributed by atoms with E-state index in [1.54, 1.807) is 0 Å². The van der Waals surface area contributed by atoms with Gasteiger partial charge in [-0.15, -0.1) is 0 Å². The second kappa shape index (κ2) is 12.0.